The van der Waals surface area contributed by atoms with E-state index in [0.717, 1.165) is 6.07 Å². The van der Waals surface area contributed by atoms with Gasteiger partial charge in [-0.25, -0.2) is 8.78 Å². The summed E-state index contributed by atoms with van der Waals surface area (Å²) in [5.74, 6) is -2.59. The van der Waals surface area contributed by atoms with Crippen molar-refractivity contribution >= 4 is 33.8 Å². The van der Waals surface area contributed by atoms with Crippen LogP contribution in [0.25, 0.3) is 16.3 Å². The van der Waals surface area contributed by atoms with Crippen LogP contribution in [0.2, 0.25) is 5.02 Å². The van der Waals surface area contributed by atoms with Gasteiger partial charge in [0.1, 0.15) is 0 Å². The zero-order valence-electron chi connectivity index (χ0n) is 15.5. The van der Waals surface area contributed by atoms with Crippen LogP contribution in [0.15, 0.2) is 53.7 Å². The van der Waals surface area contributed by atoms with Gasteiger partial charge in [-0.3, -0.25) is 9.59 Å². The molecule has 1 atom stereocenters. The average Bonchev–Trinajstić information content (AvgIpc) is 3.15. The summed E-state index contributed by atoms with van der Waals surface area (Å²) in [6.45, 7) is 1.75. The van der Waals surface area contributed by atoms with Gasteiger partial charge in [0.25, 0.3) is 11.5 Å². The first-order valence-corrected chi connectivity index (χ1v) is 9.20. The summed E-state index contributed by atoms with van der Waals surface area (Å²) in [6, 6.07) is 6.99. The normalized spacial score (nSPS) is 12.4. The van der Waals surface area contributed by atoms with Crippen molar-refractivity contribution < 1.29 is 13.6 Å². The van der Waals surface area contributed by atoms with Crippen molar-refractivity contribution in [2.24, 2.45) is 0 Å². The zero-order chi connectivity index (χ0) is 20.9. The first-order valence-electron chi connectivity index (χ1n) is 8.82. The third-order valence-electron chi connectivity index (χ3n) is 5.17. The van der Waals surface area contributed by atoms with E-state index in [0.29, 0.717) is 21.7 Å². The predicted octanol–water partition coefficient (Wildman–Crippen LogP) is 4.55. The predicted molar refractivity (Wildman–Crippen MR) is 107 cm³/mol. The summed E-state index contributed by atoms with van der Waals surface area (Å²) in [4.78, 5) is 29.0. The number of aromatic amines is 1. The maximum atomic E-state index is 14.2. The number of halogens is 3. The highest BCUT2D eigenvalue weighted by Gasteiger charge is 2.24. The van der Waals surface area contributed by atoms with Gasteiger partial charge in [0.15, 0.2) is 11.6 Å². The van der Waals surface area contributed by atoms with Gasteiger partial charge in [-0.05, 0) is 42.1 Å². The molecule has 0 saturated heterocycles. The Labute approximate surface area is 169 Å². The lowest BCUT2D eigenvalue weighted by atomic mass is 10.0. The third-order valence-corrected chi connectivity index (χ3v) is 5.49. The molecule has 0 unspecified atom stereocenters. The lowest BCUT2D eigenvalue weighted by Gasteiger charge is -2.26. The van der Waals surface area contributed by atoms with Crippen LogP contribution in [0.4, 0.5) is 8.78 Å². The molecule has 0 aliphatic heterocycles. The lowest BCUT2D eigenvalue weighted by Crippen LogP contribution is -2.30. The first-order chi connectivity index (χ1) is 13.8. The smallest absolute Gasteiger partial charge is 0.258 e. The maximum absolute atomic E-state index is 14.2. The summed E-state index contributed by atoms with van der Waals surface area (Å²) in [7, 11) is 1.60. The molecule has 0 bridgehead atoms. The van der Waals surface area contributed by atoms with Crippen LogP contribution in [0.3, 0.4) is 0 Å². The standard InChI is InChI=1S/C21H16ClF2N3O2/c1-11(14-9-25-20(28)18-13(14)5-6-16(23)19(18)24)26(2)21(29)12-8-17-15(22)4-3-7-27(17)10-12/h3-11H,1-2H3,(H,25,28)/t11-/m1/s1. The second-order valence-electron chi connectivity index (χ2n) is 6.83. The van der Waals surface area contributed by atoms with Gasteiger partial charge >= 0.3 is 0 Å². The molecule has 4 aromatic rings. The molecule has 0 fully saturated rings. The van der Waals surface area contributed by atoms with Crippen LogP contribution in [0, 0.1) is 11.6 Å². The van der Waals surface area contributed by atoms with Crippen molar-refractivity contribution in [3.63, 3.8) is 0 Å². The average molecular weight is 416 g/mol. The molecule has 0 aliphatic carbocycles. The van der Waals surface area contributed by atoms with Gasteiger partial charge in [0.05, 0.1) is 27.5 Å². The number of nitrogens with zero attached hydrogens (tertiary/aromatic N) is 2. The molecule has 8 heteroatoms. The molecular formula is C21H16ClF2N3O2. The molecular weight excluding hydrogens is 400 g/mol. The summed E-state index contributed by atoms with van der Waals surface area (Å²) >= 11 is 6.18. The van der Waals surface area contributed by atoms with Crippen molar-refractivity contribution in [3.05, 3.63) is 87.1 Å². The number of H-pyrrole nitrogens is 1. The van der Waals surface area contributed by atoms with Gasteiger partial charge in [-0.1, -0.05) is 17.7 Å². The molecule has 5 nitrogen and oxygen atoms in total. The van der Waals surface area contributed by atoms with E-state index in [-0.39, 0.29) is 16.7 Å². The highest BCUT2D eigenvalue weighted by molar-refractivity contribution is 6.33. The third kappa shape index (κ3) is 3.07. The Morgan fingerprint density at radius 1 is 1.28 bits per heavy atom. The van der Waals surface area contributed by atoms with E-state index in [1.165, 1.54) is 17.2 Å². The number of carbonyl (C=O) groups is 1. The van der Waals surface area contributed by atoms with Gasteiger partial charge in [0, 0.05) is 25.6 Å². The minimum Gasteiger partial charge on any atom is -0.335 e. The number of hydrogen-bond acceptors (Lipinski definition) is 2. The molecule has 148 valence electrons. The second kappa shape index (κ2) is 7.00. The number of fused-ring (bicyclic) bond motifs is 2. The minimum absolute atomic E-state index is 0.255. The van der Waals surface area contributed by atoms with E-state index >= 15 is 0 Å². The van der Waals surface area contributed by atoms with Crippen LogP contribution in [0.5, 0.6) is 0 Å². The number of aromatic nitrogens is 2. The van der Waals surface area contributed by atoms with E-state index in [1.54, 1.807) is 49.0 Å². The second-order valence-corrected chi connectivity index (χ2v) is 7.23. The summed E-state index contributed by atoms with van der Waals surface area (Å²) in [5.41, 5.74) is 0.899. The van der Waals surface area contributed by atoms with Crippen molar-refractivity contribution in [3.8, 4) is 0 Å². The molecule has 0 aliphatic rings. The van der Waals surface area contributed by atoms with Crippen LogP contribution in [0.1, 0.15) is 28.9 Å². The molecule has 4 rings (SSSR count). The van der Waals surface area contributed by atoms with E-state index in [4.69, 9.17) is 11.6 Å². The maximum Gasteiger partial charge on any atom is 0.258 e. The fourth-order valence-electron chi connectivity index (χ4n) is 3.46. The van der Waals surface area contributed by atoms with Crippen molar-refractivity contribution in [1.82, 2.24) is 14.3 Å². The minimum atomic E-state index is -1.21. The summed E-state index contributed by atoms with van der Waals surface area (Å²) in [6.07, 6.45) is 4.88. The van der Waals surface area contributed by atoms with Crippen LogP contribution < -0.4 is 5.56 Å². The Morgan fingerprint density at radius 2 is 2.03 bits per heavy atom. The largest absolute Gasteiger partial charge is 0.335 e. The molecule has 0 radical (unpaired) electrons. The molecule has 1 aromatic carbocycles. The summed E-state index contributed by atoms with van der Waals surface area (Å²) in [5, 5.41) is 0.410. The van der Waals surface area contributed by atoms with Gasteiger partial charge < -0.3 is 14.3 Å². The van der Waals surface area contributed by atoms with Gasteiger partial charge in [-0.2, -0.15) is 0 Å². The number of hydrogen-bond donors (Lipinski definition) is 1. The Balaban J connectivity index is 1.76. The molecule has 0 spiro atoms. The number of nitrogens with one attached hydrogen (secondary N) is 1. The van der Waals surface area contributed by atoms with E-state index in [1.807, 2.05) is 0 Å². The van der Waals surface area contributed by atoms with Crippen LogP contribution in [-0.2, 0) is 0 Å². The Kier molecular flexibility index (Phi) is 4.62. The van der Waals surface area contributed by atoms with Gasteiger partial charge in [-0.15, -0.1) is 0 Å². The zero-order valence-corrected chi connectivity index (χ0v) is 16.3. The fourth-order valence-corrected chi connectivity index (χ4v) is 3.68. The molecule has 1 N–H and O–H groups in total. The number of carbonyl (C=O) groups excluding carboxylic acids is 1. The van der Waals surface area contributed by atoms with Crippen molar-refractivity contribution in [2.45, 2.75) is 13.0 Å². The molecule has 0 saturated carbocycles. The van der Waals surface area contributed by atoms with Crippen LogP contribution in [-0.4, -0.2) is 27.2 Å². The lowest BCUT2D eigenvalue weighted by molar-refractivity contribution is 0.0743. The van der Waals surface area contributed by atoms with E-state index in [2.05, 4.69) is 4.98 Å². The number of benzene rings is 1. The Morgan fingerprint density at radius 3 is 2.76 bits per heavy atom. The molecule has 1 amide bonds. The van der Waals surface area contributed by atoms with Gasteiger partial charge in [0.2, 0.25) is 0 Å². The highest BCUT2D eigenvalue weighted by Crippen LogP contribution is 2.29. The molecule has 29 heavy (non-hydrogen) atoms. The van der Waals surface area contributed by atoms with Crippen molar-refractivity contribution in [2.75, 3.05) is 7.05 Å². The quantitative estimate of drug-likeness (QED) is 0.534. The van der Waals surface area contributed by atoms with E-state index in [9.17, 15) is 18.4 Å². The monoisotopic (exact) mass is 415 g/mol. The highest BCUT2D eigenvalue weighted by atomic mass is 35.5. The van der Waals surface area contributed by atoms with Crippen LogP contribution >= 0.6 is 11.6 Å². The SMILES string of the molecule is C[C@H](c1c[nH]c(=O)c2c(F)c(F)ccc12)N(C)C(=O)c1cc2c(Cl)cccn2c1. The number of rotatable bonds is 3. The first kappa shape index (κ1) is 19.1. The summed E-state index contributed by atoms with van der Waals surface area (Å²) < 4.78 is 29.5. The van der Waals surface area contributed by atoms with E-state index < -0.39 is 23.2 Å². The molecule has 3 aromatic heterocycles. The molecule has 3 heterocycles. The fraction of sp³-hybridized carbons (Fsp3) is 0.143. The Bertz CT molecular complexity index is 1330. The number of amides is 1. The Hall–Kier alpha value is -3.19. The topological polar surface area (TPSA) is 57.6 Å². The van der Waals surface area contributed by atoms with Crippen molar-refractivity contribution in [1.29, 1.82) is 0 Å². The number of pyridine rings is 2.